The summed E-state index contributed by atoms with van der Waals surface area (Å²) in [5.74, 6) is 0. The van der Waals surface area contributed by atoms with E-state index in [-0.39, 0.29) is 4.82 Å². The normalized spacial score (nSPS) is 8.43. The first-order valence-corrected chi connectivity index (χ1v) is 2.88. The van der Waals surface area contributed by atoms with Crippen molar-refractivity contribution in [2.75, 3.05) is 13.6 Å². The maximum absolute atomic E-state index is 10.2. The fourth-order valence-electron chi connectivity index (χ4n) is 0.124. The summed E-state index contributed by atoms with van der Waals surface area (Å²) in [4.78, 5) is 11.7. The van der Waals surface area contributed by atoms with E-state index in [1.807, 2.05) is 6.92 Å². The van der Waals surface area contributed by atoms with Crippen molar-refractivity contribution in [1.82, 2.24) is 4.90 Å². The van der Waals surface area contributed by atoms with Crippen molar-refractivity contribution < 1.29 is 4.79 Å². The third-order valence-corrected chi connectivity index (χ3v) is 1.38. The van der Waals surface area contributed by atoms with E-state index >= 15 is 0 Å². The van der Waals surface area contributed by atoms with Crippen LogP contribution in [0.4, 0.5) is 4.79 Å². The zero-order chi connectivity index (χ0) is 5.86. The third kappa shape index (κ3) is 2.62. The van der Waals surface area contributed by atoms with Crippen molar-refractivity contribution in [2.45, 2.75) is 6.92 Å². The number of carbonyl (C=O) groups excluding carboxylic acids is 1. The Hall–Kier alpha value is -0.0500. The number of hydrogen-bond acceptors (Lipinski definition) is 1. The first-order valence-electron chi connectivity index (χ1n) is 2.09. The summed E-state index contributed by atoms with van der Waals surface area (Å²) in [6.45, 7) is 2.67. The molecular formula is C4H8BrNO. The molecule has 0 heterocycles. The van der Waals surface area contributed by atoms with Crippen molar-refractivity contribution in [1.29, 1.82) is 0 Å². The van der Waals surface area contributed by atoms with Gasteiger partial charge in [0, 0.05) is 29.5 Å². The quantitative estimate of drug-likeness (QED) is 0.426. The van der Waals surface area contributed by atoms with E-state index in [1.165, 1.54) is 0 Å². The Morgan fingerprint density at radius 3 is 2.29 bits per heavy atom. The Bertz CT molecular complexity index is 74.1. The van der Waals surface area contributed by atoms with Gasteiger partial charge in [-0.2, -0.15) is 0 Å². The van der Waals surface area contributed by atoms with E-state index < -0.39 is 0 Å². The summed E-state index contributed by atoms with van der Waals surface area (Å²) in [6.07, 6.45) is 0. The molecule has 0 N–H and O–H groups in total. The van der Waals surface area contributed by atoms with E-state index in [0.717, 1.165) is 6.54 Å². The molecular weight excluding hydrogens is 158 g/mol. The molecule has 1 amide bonds. The summed E-state index contributed by atoms with van der Waals surface area (Å²) in [5.41, 5.74) is 0. The Balaban J connectivity index is 3.34. The molecule has 0 atom stereocenters. The van der Waals surface area contributed by atoms with Crippen LogP contribution in [0.15, 0.2) is 0 Å². The van der Waals surface area contributed by atoms with E-state index in [9.17, 15) is 4.79 Å². The van der Waals surface area contributed by atoms with Gasteiger partial charge in [-0.15, -0.1) is 0 Å². The van der Waals surface area contributed by atoms with Crippen molar-refractivity contribution in [3.8, 4) is 0 Å². The van der Waals surface area contributed by atoms with Crippen molar-refractivity contribution >= 4 is 20.7 Å². The maximum Gasteiger partial charge on any atom is 0.289 e. The minimum Gasteiger partial charge on any atom is -0.337 e. The van der Waals surface area contributed by atoms with Crippen LogP contribution in [-0.2, 0) is 0 Å². The predicted molar refractivity (Wildman–Crippen MR) is 32.6 cm³/mol. The number of halogens is 1. The van der Waals surface area contributed by atoms with Crippen molar-refractivity contribution in [2.24, 2.45) is 0 Å². The average Bonchev–Trinajstić information content (AvgIpc) is 1.65. The highest BCUT2D eigenvalue weighted by atomic mass is 79.9. The van der Waals surface area contributed by atoms with Gasteiger partial charge < -0.3 is 4.90 Å². The monoisotopic (exact) mass is 165 g/mol. The summed E-state index contributed by atoms with van der Waals surface area (Å²) in [6, 6.07) is 0. The Morgan fingerprint density at radius 2 is 2.29 bits per heavy atom. The van der Waals surface area contributed by atoms with Gasteiger partial charge in [0.2, 0.25) is 0 Å². The molecule has 0 bridgehead atoms. The zero-order valence-electron chi connectivity index (χ0n) is 4.44. The van der Waals surface area contributed by atoms with Gasteiger partial charge in [0.15, 0.2) is 0 Å². The highest BCUT2D eigenvalue weighted by molar-refractivity contribution is 9.18. The van der Waals surface area contributed by atoms with Crippen LogP contribution >= 0.6 is 15.9 Å². The van der Waals surface area contributed by atoms with Gasteiger partial charge in [0.05, 0.1) is 0 Å². The van der Waals surface area contributed by atoms with Crippen LogP contribution in [0.2, 0.25) is 0 Å². The molecule has 0 aromatic carbocycles. The van der Waals surface area contributed by atoms with Crippen molar-refractivity contribution in [3.63, 3.8) is 0 Å². The van der Waals surface area contributed by atoms with Gasteiger partial charge in [0.1, 0.15) is 0 Å². The molecule has 2 nitrogen and oxygen atoms in total. The zero-order valence-corrected chi connectivity index (χ0v) is 6.03. The highest BCUT2D eigenvalue weighted by Gasteiger charge is 1.96. The van der Waals surface area contributed by atoms with Crippen molar-refractivity contribution in [3.05, 3.63) is 0 Å². The molecule has 3 heteroatoms. The molecule has 0 aliphatic rings. The summed E-state index contributed by atoms with van der Waals surface area (Å²) in [5, 5.41) is 0. The lowest BCUT2D eigenvalue weighted by Crippen LogP contribution is -2.19. The van der Waals surface area contributed by atoms with Gasteiger partial charge >= 0.3 is 0 Å². The SMILES string of the molecule is CCN(C)C(=O)Br. The largest absolute Gasteiger partial charge is 0.337 e. The van der Waals surface area contributed by atoms with Crippen LogP contribution in [0.25, 0.3) is 0 Å². The molecule has 0 aliphatic heterocycles. The van der Waals surface area contributed by atoms with Gasteiger partial charge in [-0.05, 0) is 6.92 Å². The molecule has 0 aliphatic carbocycles. The Kier molecular flexibility index (Phi) is 3.00. The molecule has 0 rings (SSSR count). The molecule has 0 saturated heterocycles. The standard InChI is InChI=1S/C4H8BrNO/c1-3-6(2)4(5)7/h3H2,1-2H3. The fourth-order valence-corrected chi connectivity index (χ4v) is 0.375. The van der Waals surface area contributed by atoms with Crippen LogP contribution in [0.5, 0.6) is 0 Å². The number of nitrogens with zero attached hydrogens (tertiary/aromatic N) is 1. The van der Waals surface area contributed by atoms with Crippen LogP contribution in [-0.4, -0.2) is 23.3 Å². The summed E-state index contributed by atoms with van der Waals surface area (Å²) in [7, 11) is 1.73. The average molecular weight is 166 g/mol. The Labute approximate surface area is 51.6 Å². The second-order valence-electron chi connectivity index (χ2n) is 1.27. The van der Waals surface area contributed by atoms with Gasteiger partial charge in [-0.25, -0.2) is 0 Å². The summed E-state index contributed by atoms with van der Waals surface area (Å²) >= 11 is 2.79. The lowest BCUT2D eigenvalue weighted by molar-refractivity contribution is 0.237. The van der Waals surface area contributed by atoms with E-state index in [0.29, 0.717) is 0 Å². The third-order valence-electron chi connectivity index (χ3n) is 0.774. The molecule has 0 radical (unpaired) electrons. The fraction of sp³-hybridized carbons (Fsp3) is 0.750. The number of hydrogen-bond donors (Lipinski definition) is 0. The summed E-state index contributed by atoms with van der Waals surface area (Å²) < 4.78 is 0. The minimum atomic E-state index is -0.0602. The number of rotatable bonds is 1. The van der Waals surface area contributed by atoms with Gasteiger partial charge in [0.25, 0.3) is 4.82 Å². The molecule has 0 unspecified atom stereocenters. The van der Waals surface area contributed by atoms with Gasteiger partial charge in [-0.1, -0.05) is 0 Å². The van der Waals surface area contributed by atoms with Crippen LogP contribution < -0.4 is 0 Å². The van der Waals surface area contributed by atoms with Crippen LogP contribution in [0.1, 0.15) is 6.92 Å². The Morgan fingerprint density at radius 1 is 1.86 bits per heavy atom. The van der Waals surface area contributed by atoms with E-state index in [1.54, 1.807) is 11.9 Å². The van der Waals surface area contributed by atoms with Crippen LogP contribution in [0, 0.1) is 0 Å². The number of carbonyl (C=O) groups is 1. The first kappa shape index (κ1) is 6.95. The molecule has 0 aromatic rings. The maximum atomic E-state index is 10.2. The molecule has 0 saturated carbocycles. The molecule has 42 valence electrons. The smallest absolute Gasteiger partial charge is 0.289 e. The topological polar surface area (TPSA) is 20.3 Å². The van der Waals surface area contributed by atoms with Gasteiger partial charge in [-0.3, -0.25) is 4.79 Å². The molecule has 0 fully saturated rings. The first-order chi connectivity index (χ1) is 3.18. The predicted octanol–water partition coefficient (Wildman–Crippen LogP) is 1.45. The number of amides is 1. The highest BCUT2D eigenvalue weighted by Crippen LogP contribution is 1.91. The molecule has 0 spiro atoms. The minimum absolute atomic E-state index is 0.0602. The second kappa shape index (κ2) is 3.02. The lowest BCUT2D eigenvalue weighted by Gasteiger charge is -2.07. The van der Waals surface area contributed by atoms with E-state index in [4.69, 9.17) is 0 Å². The molecule has 0 aromatic heterocycles. The second-order valence-corrected chi connectivity index (χ2v) is 1.95. The van der Waals surface area contributed by atoms with E-state index in [2.05, 4.69) is 15.9 Å². The van der Waals surface area contributed by atoms with Crippen LogP contribution in [0.3, 0.4) is 0 Å². The lowest BCUT2D eigenvalue weighted by atomic mass is 10.7. The molecule has 7 heavy (non-hydrogen) atoms.